The molecule has 4 heteroatoms. The van der Waals surface area contributed by atoms with Crippen LogP contribution in [0.1, 0.15) is 33.6 Å². The van der Waals surface area contributed by atoms with E-state index >= 15 is 0 Å². The van der Waals surface area contributed by atoms with E-state index in [1.54, 1.807) is 0 Å². The van der Waals surface area contributed by atoms with Gasteiger partial charge in [0.2, 0.25) is 0 Å². The second-order valence-electron chi connectivity index (χ2n) is 6.91. The Balaban J connectivity index is 1.94. The molecule has 2 N–H and O–H groups in total. The zero-order valence-electron chi connectivity index (χ0n) is 13.3. The van der Waals surface area contributed by atoms with Crippen LogP contribution in [0, 0.1) is 17.8 Å². The van der Waals surface area contributed by atoms with Crippen LogP contribution in [0.25, 0.3) is 0 Å². The van der Waals surface area contributed by atoms with Crippen molar-refractivity contribution in [3.8, 4) is 0 Å². The van der Waals surface area contributed by atoms with Gasteiger partial charge in [0.25, 0.3) is 0 Å². The van der Waals surface area contributed by atoms with Crippen molar-refractivity contribution in [1.29, 1.82) is 0 Å². The summed E-state index contributed by atoms with van der Waals surface area (Å²) in [7, 11) is 0. The molecule has 2 fully saturated rings. The van der Waals surface area contributed by atoms with E-state index in [0.29, 0.717) is 18.0 Å². The number of likely N-dealkylation sites (tertiary alicyclic amines) is 2. The molecule has 0 aromatic rings. The average molecular weight is 284 g/mol. The summed E-state index contributed by atoms with van der Waals surface area (Å²) in [6.07, 6.45) is 2.51. The Kier molecular flexibility index (Phi) is 5.84. The molecule has 2 aliphatic heterocycles. The van der Waals surface area contributed by atoms with E-state index in [-0.39, 0.29) is 13.2 Å². The maximum atomic E-state index is 9.22. The Morgan fingerprint density at radius 3 is 2.30 bits per heavy atom. The van der Waals surface area contributed by atoms with Gasteiger partial charge < -0.3 is 10.2 Å². The van der Waals surface area contributed by atoms with Gasteiger partial charge in [0.1, 0.15) is 0 Å². The lowest BCUT2D eigenvalue weighted by Gasteiger charge is -2.30. The van der Waals surface area contributed by atoms with Crippen molar-refractivity contribution in [1.82, 2.24) is 9.80 Å². The molecule has 4 nitrogen and oxygen atoms in total. The van der Waals surface area contributed by atoms with Crippen molar-refractivity contribution in [2.24, 2.45) is 17.8 Å². The predicted octanol–water partition coefficient (Wildman–Crippen LogP) is 1.03. The zero-order valence-corrected chi connectivity index (χ0v) is 13.3. The lowest BCUT2D eigenvalue weighted by molar-refractivity contribution is 0.148. The summed E-state index contributed by atoms with van der Waals surface area (Å²) in [5.74, 6) is 2.17. The smallest absolute Gasteiger partial charge is 0.0558 e. The monoisotopic (exact) mass is 284 g/mol. The molecule has 0 saturated carbocycles. The van der Waals surface area contributed by atoms with Crippen LogP contribution in [0.4, 0.5) is 0 Å². The highest BCUT2D eigenvalue weighted by Crippen LogP contribution is 2.36. The van der Waals surface area contributed by atoms with Crippen LogP contribution in [0.2, 0.25) is 0 Å². The van der Waals surface area contributed by atoms with E-state index in [1.165, 1.54) is 12.8 Å². The van der Waals surface area contributed by atoms with Gasteiger partial charge in [0.05, 0.1) is 13.2 Å². The Bertz CT molecular complexity index is 298. The minimum Gasteiger partial charge on any atom is -0.395 e. The topological polar surface area (TPSA) is 46.9 Å². The standard InChI is InChI=1S/C16H32N2O2/c1-12-4-5-17(6-8-19)16(12)10-15-11-18(7-9-20)14(3)13(15)2/h12-16,19-20H,4-11H2,1-3H3/t12-,13-,14-,15?,16+/m0/s1. The van der Waals surface area contributed by atoms with Crippen molar-refractivity contribution in [3.63, 3.8) is 0 Å². The molecule has 5 atom stereocenters. The van der Waals surface area contributed by atoms with Gasteiger partial charge in [-0.2, -0.15) is 0 Å². The molecule has 1 unspecified atom stereocenters. The number of aliphatic hydroxyl groups excluding tert-OH is 2. The molecule has 0 bridgehead atoms. The van der Waals surface area contributed by atoms with E-state index in [1.807, 2.05) is 0 Å². The third kappa shape index (κ3) is 3.35. The summed E-state index contributed by atoms with van der Waals surface area (Å²) < 4.78 is 0. The summed E-state index contributed by atoms with van der Waals surface area (Å²) in [5.41, 5.74) is 0. The Morgan fingerprint density at radius 2 is 1.65 bits per heavy atom. The Labute approximate surface area is 123 Å². The minimum absolute atomic E-state index is 0.264. The van der Waals surface area contributed by atoms with Crippen molar-refractivity contribution >= 4 is 0 Å². The average Bonchev–Trinajstić information content (AvgIpc) is 2.89. The molecule has 0 spiro atoms. The van der Waals surface area contributed by atoms with Crippen molar-refractivity contribution in [3.05, 3.63) is 0 Å². The number of nitrogens with zero attached hydrogens (tertiary/aromatic N) is 2. The number of hydrogen-bond donors (Lipinski definition) is 2. The number of hydrogen-bond acceptors (Lipinski definition) is 4. The Hall–Kier alpha value is -0.160. The number of rotatable bonds is 6. The molecule has 2 saturated heterocycles. The van der Waals surface area contributed by atoms with Crippen LogP contribution in [0.15, 0.2) is 0 Å². The van der Waals surface area contributed by atoms with Gasteiger partial charge >= 0.3 is 0 Å². The summed E-state index contributed by atoms with van der Waals surface area (Å²) in [6, 6.07) is 1.21. The molecule has 2 heterocycles. The molecule has 0 aromatic heterocycles. The third-order valence-corrected chi connectivity index (χ3v) is 5.87. The molecular formula is C16H32N2O2. The second-order valence-corrected chi connectivity index (χ2v) is 6.91. The first-order valence-electron chi connectivity index (χ1n) is 8.28. The van der Waals surface area contributed by atoms with E-state index in [9.17, 15) is 10.2 Å². The van der Waals surface area contributed by atoms with E-state index < -0.39 is 0 Å². The summed E-state index contributed by atoms with van der Waals surface area (Å²) >= 11 is 0. The molecule has 0 radical (unpaired) electrons. The molecule has 0 amide bonds. The largest absolute Gasteiger partial charge is 0.395 e. The quantitative estimate of drug-likeness (QED) is 0.765. The van der Waals surface area contributed by atoms with Gasteiger partial charge in [-0.05, 0) is 44.1 Å². The number of β-amino-alcohol motifs (C(OH)–C–C–N with tert-alkyl or cyclic N) is 2. The fourth-order valence-electron chi connectivity index (χ4n) is 4.26. The fraction of sp³-hybridized carbons (Fsp3) is 1.00. The highest BCUT2D eigenvalue weighted by Gasteiger charge is 2.40. The molecule has 0 aromatic carbocycles. The first-order chi connectivity index (χ1) is 9.58. The molecule has 2 rings (SSSR count). The molecule has 118 valence electrons. The molecule has 2 aliphatic rings. The van der Waals surface area contributed by atoms with Gasteiger partial charge in [0.15, 0.2) is 0 Å². The highest BCUT2D eigenvalue weighted by atomic mass is 16.3. The fourth-order valence-corrected chi connectivity index (χ4v) is 4.26. The first-order valence-corrected chi connectivity index (χ1v) is 8.28. The van der Waals surface area contributed by atoms with Crippen molar-refractivity contribution < 1.29 is 10.2 Å². The highest BCUT2D eigenvalue weighted by molar-refractivity contribution is 4.93. The van der Waals surface area contributed by atoms with Crippen molar-refractivity contribution in [2.45, 2.75) is 45.7 Å². The van der Waals surface area contributed by atoms with Crippen molar-refractivity contribution in [2.75, 3.05) is 39.4 Å². The van der Waals surface area contributed by atoms with Crippen LogP contribution in [0.3, 0.4) is 0 Å². The van der Waals surface area contributed by atoms with Gasteiger partial charge in [-0.1, -0.05) is 13.8 Å². The Morgan fingerprint density at radius 1 is 1.00 bits per heavy atom. The van der Waals surface area contributed by atoms with Crippen LogP contribution in [0.5, 0.6) is 0 Å². The van der Waals surface area contributed by atoms with Gasteiger partial charge in [-0.3, -0.25) is 9.80 Å². The molecule has 0 aliphatic carbocycles. The maximum Gasteiger partial charge on any atom is 0.0558 e. The lowest BCUT2D eigenvalue weighted by Crippen LogP contribution is -2.37. The normalized spacial score (nSPS) is 39.8. The number of aliphatic hydroxyl groups is 2. The SMILES string of the molecule is C[C@@H]1C(C[C@@H]2[C@@H](C)CCN2CCO)CN(CCO)[C@H]1C. The van der Waals surface area contributed by atoms with E-state index in [4.69, 9.17) is 0 Å². The van der Waals surface area contributed by atoms with Crippen LogP contribution in [-0.4, -0.2) is 71.5 Å². The van der Waals surface area contributed by atoms with Crippen LogP contribution in [-0.2, 0) is 0 Å². The first kappa shape index (κ1) is 16.2. The summed E-state index contributed by atoms with van der Waals surface area (Å²) in [6.45, 7) is 11.5. The third-order valence-electron chi connectivity index (χ3n) is 5.87. The van der Waals surface area contributed by atoms with Gasteiger partial charge in [-0.15, -0.1) is 0 Å². The maximum absolute atomic E-state index is 9.22. The predicted molar refractivity (Wildman–Crippen MR) is 81.6 cm³/mol. The van der Waals surface area contributed by atoms with Gasteiger partial charge in [0, 0.05) is 31.7 Å². The second kappa shape index (κ2) is 7.21. The van der Waals surface area contributed by atoms with Crippen LogP contribution < -0.4 is 0 Å². The van der Waals surface area contributed by atoms with E-state index in [0.717, 1.165) is 38.0 Å². The summed E-state index contributed by atoms with van der Waals surface area (Å²) in [5, 5.41) is 18.4. The summed E-state index contributed by atoms with van der Waals surface area (Å²) in [4.78, 5) is 4.92. The zero-order chi connectivity index (χ0) is 14.7. The van der Waals surface area contributed by atoms with Gasteiger partial charge in [-0.25, -0.2) is 0 Å². The minimum atomic E-state index is 0.264. The lowest BCUT2D eigenvalue weighted by atomic mass is 9.85. The molecule has 20 heavy (non-hydrogen) atoms. The molecular weight excluding hydrogens is 252 g/mol. The van der Waals surface area contributed by atoms with E-state index in [2.05, 4.69) is 30.6 Å². The van der Waals surface area contributed by atoms with Crippen LogP contribution >= 0.6 is 0 Å².